The standard InChI is InChI=1S/C27H34N4O8/c1-25(2)26(3)8-9-27(25,39-24(26)34)23(33)29-12-6-18(7-13-29)17-4-10-28(11-5-17)22(32)19-14-20(30(35)36)16-21(15-19)31(37)38/h14-18H,4-13H2,1-3H3. The van der Waals surface area contributed by atoms with Gasteiger partial charge in [-0.1, -0.05) is 13.8 Å². The number of esters is 1. The van der Waals surface area contributed by atoms with Gasteiger partial charge in [-0.15, -0.1) is 0 Å². The van der Waals surface area contributed by atoms with Crippen molar-refractivity contribution in [2.24, 2.45) is 22.7 Å². The predicted octanol–water partition coefficient (Wildman–Crippen LogP) is 3.72. The first-order chi connectivity index (χ1) is 18.3. The molecule has 0 radical (unpaired) electrons. The summed E-state index contributed by atoms with van der Waals surface area (Å²) in [6.07, 6.45) is 4.40. The molecule has 4 aliphatic rings. The van der Waals surface area contributed by atoms with Gasteiger partial charge in [0, 0.05) is 43.7 Å². The lowest BCUT2D eigenvalue weighted by Gasteiger charge is -2.43. The SMILES string of the molecule is CC12CCC(C(=O)N3CCC(C4CCN(C(=O)c5cc([N+](=O)[O-])cc([N+](=O)[O-])c5)CC4)CC3)(OC1=O)C2(C)C. The number of fused-ring (bicyclic) bond motifs is 2. The number of nitro benzene ring substituents is 2. The molecule has 0 aromatic heterocycles. The molecule has 5 rings (SSSR count). The lowest BCUT2D eigenvalue weighted by molar-refractivity contribution is -0.394. The van der Waals surface area contributed by atoms with Crippen LogP contribution in [0.2, 0.25) is 0 Å². The van der Waals surface area contributed by atoms with Gasteiger partial charge in [0.1, 0.15) is 0 Å². The van der Waals surface area contributed by atoms with Crippen LogP contribution in [-0.4, -0.2) is 69.2 Å². The molecule has 1 aromatic rings. The van der Waals surface area contributed by atoms with E-state index in [0.717, 1.165) is 43.9 Å². The first-order valence-corrected chi connectivity index (χ1v) is 13.6. The summed E-state index contributed by atoms with van der Waals surface area (Å²) in [5.41, 5.74) is -3.31. The highest BCUT2D eigenvalue weighted by atomic mass is 16.6. The predicted molar refractivity (Wildman–Crippen MR) is 138 cm³/mol. The Hall–Kier alpha value is -3.57. The van der Waals surface area contributed by atoms with Crippen LogP contribution < -0.4 is 0 Å². The van der Waals surface area contributed by atoms with Gasteiger partial charge in [-0.05, 0) is 57.3 Å². The summed E-state index contributed by atoms with van der Waals surface area (Å²) < 4.78 is 5.79. The summed E-state index contributed by atoms with van der Waals surface area (Å²) in [5.74, 6) is -0.0256. The van der Waals surface area contributed by atoms with Gasteiger partial charge in [-0.2, -0.15) is 0 Å². The van der Waals surface area contributed by atoms with Crippen molar-refractivity contribution in [3.05, 3.63) is 44.0 Å². The van der Waals surface area contributed by atoms with Crippen molar-refractivity contribution in [1.82, 2.24) is 9.80 Å². The number of benzene rings is 1. The number of nitro groups is 2. The molecular formula is C27H34N4O8. The van der Waals surface area contributed by atoms with Crippen molar-refractivity contribution in [3.63, 3.8) is 0 Å². The number of hydrogen-bond acceptors (Lipinski definition) is 8. The van der Waals surface area contributed by atoms with E-state index in [9.17, 15) is 34.6 Å². The molecule has 0 N–H and O–H groups in total. The summed E-state index contributed by atoms with van der Waals surface area (Å²) in [5, 5.41) is 22.4. The molecule has 1 saturated carbocycles. The normalized spacial score (nSPS) is 28.8. The maximum Gasteiger partial charge on any atom is 0.313 e. The van der Waals surface area contributed by atoms with E-state index < -0.39 is 43.6 Å². The Kier molecular flexibility index (Phi) is 6.42. The fraction of sp³-hybridized carbons (Fsp3) is 0.667. The average molecular weight is 543 g/mol. The molecule has 3 saturated heterocycles. The average Bonchev–Trinajstić information content (AvgIpc) is 3.22. The maximum absolute atomic E-state index is 13.7. The number of likely N-dealkylation sites (tertiary alicyclic amines) is 2. The molecule has 3 aliphatic heterocycles. The van der Waals surface area contributed by atoms with Crippen molar-refractivity contribution in [3.8, 4) is 0 Å². The van der Waals surface area contributed by atoms with Crippen molar-refractivity contribution in [2.45, 2.75) is 64.9 Å². The zero-order valence-corrected chi connectivity index (χ0v) is 22.5. The molecule has 1 aromatic carbocycles. The number of hydrogen-bond donors (Lipinski definition) is 0. The van der Waals surface area contributed by atoms with Gasteiger partial charge in [0.25, 0.3) is 23.2 Å². The molecule has 3 heterocycles. The topological polar surface area (TPSA) is 153 Å². The van der Waals surface area contributed by atoms with Gasteiger partial charge in [0.15, 0.2) is 5.60 Å². The van der Waals surface area contributed by atoms with Crippen LogP contribution in [0.25, 0.3) is 0 Å². The van der Waals surface area contributed by atoms with E-state index in [1.165, 1.54) is 0 Å². The Labute approximate surface area is 225 Å². The molecule has 1 aliphatic carbocycles. The summed E-state index contributed by atoms with van der Waals surface area (Å²) in [6.45, 7) is 7.97. The Morgan fingerprint density at radius 3 is 1.74 bits per heavy atom. The third kappa shape index (κ3) is 4.06. The number of carbonyl (C=O) groups excluding carboxylic acids is 3. The van der Waals surface area contributed by atoms with Crippen molar-refractivity contribution in [2.75, 3.05) is 26.2 Å². The Morgan fingerprint density at radius 2 is 1.33 bits per heavy atom. The second-order valence-electron chi connectivity index (χ2n) is 12.2. The molecule has 2 amide bonds. The second kappa shape index (κ2) is 9.27. The summed E-state index contributed by atoms with van der Waals surface area (Å²) in [6, 6.07) is 3.02. The fourth-order valence-corrected chi connectivity index (χ4v) is 7.24. The highest BCUT2D eigenvalue weighted by molar-refractivity contribution is 5.96. The zero-order valence-electron chi connectivity index (χ0n) is 22.5. The lowest BCUT2D eigenvalue weighted by Crippen LogP contribution is -2.56. The lowest BCUT2D eigenvalue weighted by atomic mass is 9.66. The number of carbonyl (C=O) groups is 3. The smallest absolute Gasteiger partial charge is 0.313 e. The molecule has 210 valence electrons. The number of rotatable bonds is 5. The van der Waals surface area contributed by atoms with E-state index in [2.05, 4.69) is 0 Å². The van der Waals surface area contributed by atoms with Crippen molar-refractivity contribution >= 4 is 29.2 Å². The quantitative estimate of drug-likeness (QED) is 0.310. The molecular weight excluding hydrogens is 508 g/mol. The highest BCUT2D eigenvalue weighted by Crippen LogP contribution is 2.66. The summed E-state index contributed by atoms with van der Waals surface area (Å²) >= 11 is 0. The molecule has 4 fully saturated rings. The third-order valence-electron chi connectivity index (χ3n) is 10.3. The van der Waals surface area contributed by atoms with Gasteiger partial charge in [0.2, 0.25) is 0 Å². The Bertz CT molecular complexity index is 1220. The minimum absolute atomic E-state index is 0.0564. The minimum atomic E-state index is -1.08. The highest BCUT2D eigenvalue weighted by Gasteiger charge is 2.76. The van der Waals surface area contributed by atoms with Crippen LogP contribution in [0.5, 0.6) is 0 Å². The molecule has 39 heavy (non-hydrogen) atoms. The monoisotopic (exact) mass is 542 g/mol. The molecule has 12 heteroatoms. The van der Waals surface area contributed by atoms with Crippen LogP contribution in [0.1, 0.15) is 69.7 Å². The van der Waals surface area contributed by atoms with Crippen LogP contribution in [0.4, 0.5) is 11.4 Å². The first-order valence-electron chi connectivity index (χ1n) is 13.6. The number of amides is 2. The van der Waals surface area contributed by atoms with E-state index in [1.807, 2.05) is 25.7 Å². The number of nitrogens with zero attached hydrogens (tertiary/aromatic N) is 4. The molecule has 0 spiro atoms. The zero-order chi connectivity index (χ0) is 28.3. The fourth-order valence-electron chi connectivity index (χ4n) is 7.24. The van der Waals surface area contributed by atoms with Crippen molar-refractivity contribution in [1.29, 1.82) is 0 Å². The van der Waals surface area contributed by atoms with E-state index in [0.29, 0.717) is 50.9 Å². The van der Waals surface area contributed by atoms with Crippen LogP contribution in [-0.2, 0) is 14.3 Å². The Balaban J connectivity index is 1.17. The van der Waals surface area contributed by atoms with Crippen LogP contribution in [0.15, 0.2) is 18.2 Å². The van der Waals surface area contributed by atoms with Crippen molar-refractivity contribution < 1.29 is 29.0 Å². The second-order valence-corrected chi connectivity index (χ2v) is 12.2. The van der Waals surface area contributed by atoms with Gasteiger partial charge >= 0.3 is 5.97 Å². The van der Waals surface area contributed by atoms with Crippen LogP contribution in [0.3, 0.4) is 0 Å². The maximum atomic E-state index is 13.7. The van der Waals surface area contributed by atoms with Gasteiger partial charge in [-0.25, -0.2) is 0 Å². The van der Waals surface area contributed by atoms with Gasteiger partial charge in [-0.3, -0.25) is 34.6 Å². The third-order valence-corrected chi connectivity index (χ3v) is 10.3. The summed E-state index contributed by atoms with van der Waals surface area (Å²) in [4.78, 5) is 63.7. The van der Waals surface area contributed by atoms with E-state index in [-0.39, 0.29) is 17.4 Å². The molecule has 2 bridgehead atoms. The van der Waals surface area contributed by atoms with E-state index in [1.54, 1.807) is 4.90 Å². The molecule has 12 nitrogen and oxygen atoms in total. The largest absolute Gasteiger partial charge is 0.448 e. The molecule has 2 unspecified atom stereocenters. The van der Waals surface area contributed by atoms with Crippen LogP contribution in [0, 0.1) is 42.9 Å². The first kappa shape index (κ1) is 27.0. The number of piperidine rings is 2. The van der Waals surface area contributed by atoms with Gasteiger partial charge in [0.05, 0.1) is 26.9 Å². The van der Waals surface area contributed by atoms with Crippen LogP contribution >= 0.6 is 0 Å². The number of non-ortho nitro benzene ring substituents is 2. The summed E-state index contributed by atoms with van der Waals surface area (Å²) in [7, 11) is 0. The number of ether oxygens (including phenoxy) is 1. The van der Waals surface area contributed by atoms with E-state index >= 15 is 0 Å². The molecule has 2 atom stereocenters. The van der Waals surface area contributed by atoms with Gasteiger partial charge < -0.3 is 14.5 Å². The van der Waals surface area contributed by atoms with E-state index in [4.69, 9.17) is 4.74 Å². The Morgan fingerprint density at radius 1 is 0.846 bits per heavy atom. The minimum Gasteiger partial charge on any atom is -0.448 e.